The van der Waals surface area contributed by atoms with Gasteiger partial charge < -0.3 is 15.8 Å². The highest BCUT2D eigenvalue weighted by atomic mass is 79.9. The molecule has 4 nitrogen and oxygen atoms in total. The van der Waals surface area contributed by atoms with Gasteiger partial charge in [-0.15, -0.1) is 0 Å². The van der Waals surface area contributed by atoms with Gasteiger partial charge >= 0.3 is 0 Å². The molecular weight excluding hydrogens is 246 g/mol. The third-order valence-corrected chi connectivity index (χ3v) is 2.58. The zero-order valence-electron chi connectivity index (χ0n) is 7.88. The Morgan fingerprint density at radius 1 is 1.64 bits per heavy atom. The molecule has 0 amide bonds. The highest BCUT2D eigenvalue weighted by molar-refractivity contribution is 9.10. The van der Waals surface area contributed by atoms with Gasteiger partial charge in [0, 0.05) is 10.7 Å². The van der Waals surface area contributed by atoms with E-state index in [-0.39, 0.29) is 5.54 Å². The van der Waals surface area contributed by atoms with Gasteiger partial charge in [-0.25, -0.2) is 4.98 Å². The SMILES string of the molecule is CC1(Nc2ncc(Br)cc2N)COC1. The Morgan fingerprint density at radius 3 is 2.86 bits per heavy atom. The second kappa shape index (κ2) is 3.40. The first-order valence-electron chi connectivity index (χ1n) is 4.36. The van der Waals surface area contributed by atoms with E-state index >= 15 is 0 Å². The lowest BCUT2D eigenvalue weighted by Gasteiger charge is -2.39. The third-order valence-electron chi connectivity index (χ3n) is 2.15. The summed E-state index contributed by atoms with van der Waals surface area (Å²) in [5, 5.41) is 3.27. The van der Waals surface area contributed by atoms with Crippen LogP contribution in [0.15, 0.2) is 16.7 Å². The van der Waals surface area contributed by atoms with Crippen molar-refractivity contribution in [2.75, 3.05) is 24.3 Å². The molecule has 3 N–H and O–H groups in total. The lowest BCUT2D eigenvalue weighted by atomic mass is 10.0. The summed E-state index contributed by atoms with van der Waals surface area (Å²) in [6, 6.07) is 1.83. The van der Waals surface area contributed by atoms with Crippen LogP contribution in [0.2, 0.25) is 0 Å². The fraction of sp³-hybridized carbons (Fsp3) is 0.444. The van der Waals surface area contributed by atoms with Crippen LogP contribution in [0, 0.1) is 0 Å². The minimum Gasteiger partial charge on any atom is -0.396 e. The summed E-state index contributed by atoms with van der Waals surface area (Å²) in [6.45, 7) is 3.48. The maximum Gasteiger partial charge on any atom is 0.149 e. The number of rotatable bonds is 2. The third kappa shape index (κ3) is 1.83. The second-order valence-electron chi connectivity index (χ2n) is 3.77. The largest absolute Gasteiger partial charge is 0.396 e. The van der Waals surface area contributed by atoms with Crippen LogP contribution >= 0.6 is 15.9 Å². The van der Waals surface area contributed by atoms with Crippen LogP contribution < -0.4 is 11.1 Å². The minimum atomic E-state index is -0.0189. The molecule has 1 saturated heterocycles. The van der Waals surface area contributed by atoms with Crippen molar-refractivity contribution >= 4 is 27.4 Å². The number of pyridine rings is 1. The van der Waals surface area contributed by atoms with E-state index in [1.807, 2.05) is 6.07 Å². The molecule has 1 aromatic heterocycles. The lowest BCUT2D eigenvalue weighted by Crippen LogP contribution is -2.53. The van der Waals surface area contributed by atoms with Crippen molar-refractivity contribution in [3.63, 3.8) is 0 Å². The number of halogens is 1. The summed E-state index contributed by atoms with van der Waals surface area (Å²) < 4.78 is 6.02. The molecule has 14 heavy (non-hydrogen) atoms. The molecule has 76 valence electrons. The Kier molecular flexibility index (Phi) is 2.36. The number of anilines is 2. The topological polar surface area (TPSA) is 60.2 Å². The first kappa shape index (κ1) is 9.73. The highest BCUT2D eigenvalue weighted by Crippen LogP contribution is 2.26. The molecular formula is C9H12BrN3O. The minimum absolute atomic E-state index is 0.0189. The molecule has 0 aliphatic carbocycles. The Bertz CT molecular complexity index is 352. The van der Waals surface area contributed by atoms with Crippen molar-refractivity contribution < 1.29 is 4.74 Å². The van der Waals surface area contributed by atoms with E-state index in [4.69, 9.17) is 10.5 Å². The summed E-state index contributed by atoms with van der Waals surface area (Å²) in [7, 11) is 0. The summed E-state index contributed by atoms with van der Waals surface area (Å²) in [6.07, 6.45) is 1.72. The van der Waals surface area contributed by atoms with Crippen LogP contribution in [0.4, 0.5) is 11.5 Å². The van der Waals surface area contributed by atoms with Crippen LogP contribution in [0.3, 0.4) is 0 Å². The Balaban J connectivity index is 2.16. The highest BCUT2D eigenvalue weighted by Gasteiger charge is 2.33. The Labute approximate surface area is 91.0 Å². The normalized spacial score (nSPS) is 18.7. The number of hydrogen-bond donors (Lipinski definition) is 2. The molecule has 2 heterocycles. The van der Waals surface area contributed by atoms with Crippen molar-refractivity contribution in [2.45, 2.75) is 12.5 Å². The zero-order valence-corrected chi connectivity index (χ0v) is 9.47. The van der Waals surface area contributed by atoms with Gasteiger partial charge in [-0.3, -0.25) is 0 Å². The molecule has 0 radical (unpaired) electrons. The smallest absolute Gasteiger partial charge is 0.149 e. The van der Waals surface area contributed by atoms with Gasteiger partial charge in [0.15, 0.2) is 0 Å². The molecule has 1 aromatic rings. The van der Waals surface area contributed by atoms with Gasteiger partial charge in [-0.1, -0.05) is 0 Å². The first-order chi connectivity index (χ1) is 6.59. The number of nitrogens with two attached hydrogens (primary N) is 1. The van der Waals surface area contributed by atoms with E-state index in [9.17, 15) is 0 Å². The average Bonchev–Trinajstić information content (AvgIpc) is 2.07. The summed E-state index contributed by atoms with van der Waals surface area (Å²) in [4.78, 5) is 4.21. The molecule has 0 unspecified atom stereocenters. The van der Waals surface area contributed by atoms with Crippen molar-refractivity contribution in [3.05, 3.63) is 16.7 Å². The monoisotopic (exact) mass is 257 g/mol. The number of hydrogen-bond acceptors (Lipinski definition) is 4. The first-order valence-corrected chi connectivity index (χ1v) is 5.15. The van der Waals surface area contributed by atoms with Crippen molar-refractivity contribution in [1.29, 1.82) is 0 Å². The fourth-order valence-corrected chi connectivity index (χ4v) is 1.67. The maximum atomic E-state index is 5.81. The van der Waals surface area contributed by atoms with Crippen molar-refractivity contribution in [3.8, 4) is 0 Å². The van der Waals surface area contributed by atoms with Gasteiger partial charge in [0.2, 0.25) is 0 Å². The molecule has 0 spiro atoms. The van der Waals surface area contributed by atoms with E-state index < -0.39 is 0 Å². The van der Waals surface area contributed by atoms with Crippen LogP contribution in [0.1, 0.15) is 6.92 Å². The van der Waals surface area contributed by atoms with Gasteiger partial charge in [-0.05, 0) is 28.9 Å². The lowest BCUT2D eigenvalue weighted by molar-refractivity contribution is -0.0319. The summed E-state index contributed by atoms with van der Waals surface area (Å²) in [5.41, 5.74) is 6.44. The standard InChI is InChI=1S/C9H12BrN3O/c1-9(4-14-5-9)13-8-7(11)2-6(10)3-12-8/h2-3H,4-5,11H2,1H3,(H,12,13). The van der Waals surface area contributed by atoms with Crippen molar-refractivity contribution in [2.24, 2.45) is 0 Å². The predicted molar refractivity (Wildman–Crippen MR) is 59.2 cm³/mol. The molecule has 1 fully saturated rings. The zero-order chi connectivity index (χ0) is 10.2. The summed E-state index contributed by atoms with van der Waals surface area (Å²) >= 11 is 3.31. The summed E-state index contributed by atoms with van der Waals surface area (Å²) in [5.74, 6) is 0.721. The van der Waals surface area contributed by atoms with E-state index in [1.165, 1.54) is 0 Å². The number of nitrogen functional groups attached to an aromatic ring is 1. The van der Waals surface area contributed by atoms with Gasteiger partial charge in [0.05, 0.1) is 24.4 Å². The van der Waals surface area contributed by atoms with Crippen LogP contribution in [0.5, 0.6) is 0 Å². The Hall–Kier alpha value is -0.810. The maximum absolute atomic E-state index is 5.81. The van der Waals surface area contributed by atoms with E-state index in [2.05, 4.69) is 33.2 Å². The Morgan fingerprint density at radius 2 is 2.36 bits per heavy atom. The van der Waals surface area contributed by atoms with E-state index in [0.717, 1.165) is 10.3 Å². The molecule has 0 saturated carbocycles. The van der Waals surface area contributed by atoms with Crippen molar-refractivity contribution in [1.82, 2.24) is 4.98 Å². The second-order valence-corrected chi connectivity index (χ2v) is 4.69. The van der Waals surface area contributed by atoms with Gasteiger partial charge in [-0.2, -0.15) is 0 Å². The number of nitrogens with one attached hydrogen (secondary N) is 1. The molecule has 0 aromatic carbocycles. The fourth-order valence-electron chi connectivity index (χ4n) is 1.33. The molecule has 1 aliphatic heterocycles. The van der Waals surface area contributed by atoms with Gasteiger partial charge in [0.25, 0.3) is 0 Å². The van der Waals surface area contributed by atoms with Crippen LogP contribution in [-0.2, 0) is 4.74 Å². The number of aromatic nitrogens is 1. The molecule has 1 aliphatic rings. The van der Waals surface area contributed by atoms with Gasteiger partial charge in [0.1, 0.15) is 5.82 Å². The van der Waals surface area contributed by atoms with E-state index in [1.54, 1.807) is 6.20 Å². The predicted octanol–water partition coefficient (Wildman–Crippen LogP) is 1.63. The number of nitrogens with zero attached hydrogens (tertiary/aromatic N) is 1. The molecule has 0 bridgehead atoms. The average molecular weight is 258 g/mol. The van der Waals surface area contributed by atoms with E-state index in [0.29, 0.717) is 18.9 Å². The molecule has 0 atom stereocenters. The molecule has 2 rings (SSSR count). The van der Waals surface area contributed by atoms with Crippen LogP contribution in [0.25, 0.3) is 0 Å². The quantitative estimate of drug-likeness (QED) is 0.846. The molecule has 5 heteroatoms. The number of ether oxygens (including phenoxy) is 1. The van der Waals surface area contributed by atoms with Crippen LogP contribution in [-0.4, -0.2) is 23.7 Å².